The Morgan fingerprint density at radius 2 is 2.23 bits per heavy atom. The lowest BCUT2D eigenvalue weighted by Gasteiger charge is -2.16. The number of nitrogens with zero attached hydrogens (tertiary/aromatic N) is 1. The molecule has 0 amide bonds. The summed E-state index contributed by atoms with van der Waals surface area (Å²) >= 11 is 0. The predicted octanol–water partition coefficient (Wildman–Crippen LogP) is 1.39. The monoisotopic (exact) mass is 330 g/mol. The Labute approximate surface area is 131 Å². The van der Waals surface area contributed by atoms with Crippen LogP contribution in [-0.2, 0) is 16.4 Å². The minimum Gasteiger partial charge on any atom is -0.494 e. The highest BCUT2D eigenvalue weighted by atomic mass is 32.2. The first-order chi connectivity index (χ1) is 10.4. The summed E-state index contributed by atoms with van der Waals surface area (Å²) in [5.41, 5.74) is 0.948. The number of benzene rings is 1. The molecule has 1 atom stereocenters. The molecule has 5 nitrogen and oxygen atoms in total. The van der Waals surface area contributed by atoms with Gasteiger partial charge in [0.2, 0.25) is 10.0 Å². The second-order valence-corrected chi connectivity index (χ2v) is 7.53. The Balaban J connectivity index is 1.74. The molecular formula is C15H23FN2O3S. The SMILES string of the molecule is COc1ccc(CCCN2CC[C@@H](NS(C)(=O)=O)C2)cc1F. The largest absolute Gasteiger partial charge is 0.494 e. The number of likely N-dealkylation sites (tertiary alicyclic amines) is 1. The molecule has 0 radical (unpaired) electrons. The van der Waals surface area contributed by atoms with Crippen molar-refractivity contribution in [2.75, 3.05) is 33.0 Å². The number of rotatable bonds is 7. The molecular weight excluding hydrogens is 307 g/mol. The third kappa shape index (κ3) is 5.23. The highest BCUT2D eigenvalue weighted by molar-refractivity contribution is 7.88. The van der Waals surface area contributed by atoms with E-state index in [2.05, 4.69) is 9.62 Å². The van der Waals surface area contributed by atoms with E-state index in [-0.39, 0.29) is 17.6 Å². The van der Waals surface area contributed by atoms with Gasteiger partial charge in [0, 0.05) is 12.6 Å². The lowest BCUT2D eigenvalue weighted by atomic mass is 10.1. The second-order valence-electron chi connectivity index (χ2n) is 5.75. The zero-order valence-corrected chi connectivity index (χ0v) is 13.8. The lowest BCUT2D eigenvalue weighted by molar-refractivity contribution is 0.327. The van der Waals surface area contributed by atoms with Crippen molar-refractivity contribution in [3.05, 3.63) is 29.6 Å². The molecule has 1 heterocycles. The van der Waals surface area contributed by atoms with Gasteiger partial charge in [-0.15, -0.1) is 0 Å². The summed E-state index contributed by atoms with van der Waals surface area (Å²) in [6.45, 7) is 2.52. The first-order valence-electron chi connectivity index (χ1n) is 7.39. The fraction of sp³-hybridized carbons (Fsp3) is 0.600. The van der Waals surface area contributed by atoms with E-state index in [9.17, 15) is 12.8 Å². The number of methoxy groups -OCH3 is 1. The van der Waals surface area contributed by atoms with Crippen molar-refractivity contribution >= 4 is 10.0 Å². The van der Waals surface area contributed by atoms with Crippen LogP contribution in [0.3, 0.4) is 0 Å². The van der Waals surface area contributed by atoms with Crippen molar-refractivity contribution in [2.45, 2.75) is 25.3 Å². The third-order valence-corrected chi connectivity index (χ3v) is 4.57. The molecule has 0 aliphatic carbocycles. The summed E-state index contributed by atoms with van der Waals surface area (Å²) in [6, 6.07) is 5.04. The Bertz CT molecular complexity index is 607. The fourth-order valence-corrected chi connectivity index (χ4v) is 3.60. The van der Waals surface area contributed by atoms with Crippen LogP contribution in [0, 0.1) is 5.82 Å². The average molecular weight is 330 g/mol. The van der Waals surface area contributed by atoms with E-state index < -0.39 is 10.0 Å². The fourth-order valence-electron chi connectivity index (χ4n) is 2.81. The Kier molecular flexibility index (Phi) is 5.77. The third-order valence-electron chi connectivity index (χ3n) is 3.81. The summed E-state index contributed by atoms with van der Waals surface area (Å²) in [5, 5.41) is 0. The van der Waals surface area contributed by atoms with Gasteiger partial charge in [0.15, 0.2) is 11.6 Å². The lowest BCUT2D eigenvalue weighted by Crippen LogP contribution is -2.36. The molecule has 1 saturated heterocycles. The molecule has 0 bridgehead atoms. The molecule has 22 heavy (non-hydrogen) atoms. The van der Waals surface area contributed by atoms with Gasteiger partial charge in [-0.25, -0.2) is 17.5 Å². The molecule has 1 aromatic rings. The van der Waals surface area contributed by atoms with Crippen LogP contribution in [0.15, 0.2) is 18.2 Å². The molecule has 7 heteroatoms. The molecule has 124 valence electrons. The van der Waals surface area contributed by atoms with Gasteiger partial charge < -0.3 is 9.64 Å². The Morgan fingerprint density at radius 3 is 2.86 bits per heavy atom. The maximum atomic E-state index is 13.6. The van der Waals surface area contributed by atoms with Crippen LogP contribution in [0.5, 0.6) is 5.75 Å². The van der Waals surface area contributed by atoms with Crippen molar-refractivity contribution in [3.8, 4) is 5.75 Å². The highest BCUT2D eigenvalue weighted by Crippen LogP contribution is 2.19. The Hall–Kier alpha value is -1.18. The molecule has 0 spiro atoms. The second kappa shape index (κ2) is 7.39. The molecule has 1 N–H and O–H groups in total. The van der Waals surface area contributed by atoms with Crippen LogP contribution in [0.25, 0.3) is 0 Å². The van der Waals surface area contributed by atoms with Gasteiger partial charge in [0.25, 0.3) is 0 Å². The molecule has 0 saturated carbocycles. The van der Waals surface area contributed by atoms with Crippen LogP contribution < -0.4 is 9.46 Å². The van der Waals surface area contributed by atoms with Gasteiger partial charge >= 0.3 is 0 Å². The molecule has 1 aliphatic heterocycles. The van der Waals surface area contributed by atoms with E-state index in [1.165, 1.54) is 19.4 Å². The minimum atomic E-state index is -3.14. The number of nitrogens with one attached hydrogen (secondary N) is 1. The summed E-state index contributed by atoms with van der Waals surface area (Å²) in [6.07, 6.45) is 3.73. The maximum absolute atomic E-state index is 13.6. The molecule has 0 aromatic heterocycles. The molecule has 1 aromatic carbocycles. The first kappa shape index (κ1) is 17.2. The van der Waals surface area contributed by atoms with Crippen LogP contribution in [0.1, 0.15) is 18.4 Å². The summed E-state index contributed by atoms with van der Waals surface area (Å²) in [7, 11) is -1.69. The van der Waals surface area contributed by atoms with E-state index in [0.29, 0.717) is 0 Å². The molecule has 1 fully saturated rings. The number of halogens is 1. The van der Waals surface area contributed by atoms with Crippen LogP contribution in [-0.4, -0.2) is 52.4 Å². The van der Waals surface area contributed by atoms with Crippen molar-refractivity contribution in [3.63, 3.8) is 0 Å². The number of aryl methyl sites for hydroxylation is 1. The molecule has 2 rings (SSSR count). The van der Waals surface area contributed by atoms with Crippen molar-refractivity contribution in [1.29, 1.82) is 0 Å². The van der Waals surface area contributed by atoms with E-state index in [1.807, 2.05) is 6.07 Å². The standard InChI is InChI=1S/C15H23FN2O3S/c1-21-15-6-5-12(10-14(15)16)4-3-8-18-9-7-13(11-18)17-22(2,19)20/h5-6,10,13,17H,3-4,7-9,11H2,1-2H3/t13-/m1/s1. The summed E-state index contributed by atoms with van der Waals surface area (Å²) in [4.78, 5) is 2.24. The summed E-state index contributed by atoms with van der Waals surface area (Å²) in [5.74, 6) is -0.0726. The molecule has 1 aliphatic rings. The van der Waals surface area contributed by atoms with E-state index in [1.54, 1.807) is 6.07 Å². The van der Waals surface area contributed by atoms with Crippen LogP contribution in [0.2, 0.25) is 0 Å². The highest BCUT2D eigenvalue weighted by Gasteiger charge is 2.24. The van der Waals surface area contributed by atoms with Crippen molar-refractivity contribution in [2.24, 2.45) is 0 Å². The average Bonchev–Trinajstić information content (AvgIpc) is 2.84. The van der Waals surface area contributed by atoms with E-state index >= 15 is 0 Å². The minimum absolute atomic E-state index is 0.00781. The quantitative estimate of drug-likeness (QED) is 0.821. The van der Waals surface area contributed by atoms with Crippen LogP contribution >= 0.6 is 0 Å². The van der Waals surface area contributed by atoms with Gasteiger partial charge in [-0.05, 0) is 50.0 Å². The first-order valence-corrected chi connectivity index (χ1v) is 9.28. The number of ether oxygens (including phenoxy) is 1. The van der Waals surface area contributed by atoms with Gasteiger partial charge in [-0.1, -0.05) is 6.07 Å². The van der Waals surface area contributed by atoms with E-state index in [0.717, 1.165) is 44.5 Å². The zero-order chi connectivity index (χ0) is 16.2. The molecule has 0 unspecified atom stereocenters. The Morgan fingerprint density at radius 1 is 1.45 bits per heavy atom. The number of hydrogen-bond acceptors (Lipinski definition) is 4. The van der Waals surface area contributed by atoms with E-state index in [4.69, 9.17) is 4.74 Å². The van der Waals surface area contributed by atoms with Gasteiger partial charge in [-0.2, -0.15) is 0 Å². The smallest absolute Gasteiger partial charge is 0.208 e. The normalized spacial score (nSPS) is 19.5. The van der Waals surface area contributed by atoms with Gasteiger partial charge in [-0.3, -0.25) is 0 Å². The predicted molar refractivity (Wildman–Crippen MR) is 84.1 cm³/mol. The topological polar surface area (TPSA) is 58.6 Å². The number of hydrogen-bond donors (Lipinski definition) is 1. The van der Waals surface area contributed by atoms with Gasteiger partial charge in [0.1, 0.15) is 0 Å². The zero-order valence-electron chi connectivity index (χ0n) is 13.0. The van der Waals surface area contributed by atoms with Crippen molar-refractivity contribution in [1.82, 2.24) is 9.62 Å². The van der Waals surface area contributed by atoms with Gasteiger partial charge in [0.05, 0.1) is 13.4 Å². The van der Waals surface area contributed by atoms with Crippen molar-refractivity contribution < 1.29 is 17.5 Å². The number of sulfonamides is 1. The van der Waals surface area contributed by atoms with Crippen LogP contribution in [0.4, 0.5) is 4.39 Å². The maximum Gasteiger partial charge on any atom is 0.208 e. The summed E-state index contributed by atoms with van der Waals surface area (Å²) < 4.78 is 43.5.